The molecular formula is C19H18N6S. The van der Waals surface area contributed by atoms with E-state index in [4.69, 9.17) is 0 Å². The number of thiophene rings is 1. The molecule has 0 fully saturated rings. The number of nitrogens with one attached hydrogen (secondary N) is 1. The number of fused-ring (bicyclic) bond motifs is 3. The highest BCUT2D eigenvalue weighted by atomic mass is 32.1. The van der Waals surface area contributed by atoms with Crippen molar-refractivity contribution in [1.29, 1.82) is 0 Å². The minimum atomic E-state index is 0.688. The summed E-state index contributed by atoms with van der Waals surface area (Å²) in [5.74, 6) is 1.80. The fourth-order valence-electron chi connectivity index (χ4n) is 3.48. The number of anilines is 1. The zero-order valence-electron chi connectivity index (χ0n) is 14.2. The third-order valence-corrected chi connectivity index (χ3v) is 5.99. The van der Waals surface area contributed by atoms with E-state index in [1.807, 2.05) is 34.4 Å². The van der Waals surface area contributed by atoms with Crippen LogP contribution in [0, 0.1) is 0 Å². The Hall–Kier alpha value is -2.80. The predicted octanol–water partition coefficient (Wildman–Crippen LogP) is 3.76. The Bertz CT molecular complexity index is 1040. The van der Waals surface area contributed by atoms with Crippen molar-refractivity contribution >= 4 is 27.4 Å². The van der Waals surface area contributed by atoms with Gasteiger partial charge < -0.3 is 5.32 Å². The maximum Gasteiger partial charge on any atom is 0.138 e. The van der Waals surface area contributed by atoms with E-state index in [-0.39, 0.29) is 0 Å². The van der Waals surface area contributed by atoms with E-state index in [9.17, 15) is 0 Å². The molecule has 1 N–H and O–H groups in total. The summed E-state index contributed by atoms with van der Waals surface area (Å²) in [6, 6.07) is 4.08. The van der Waals surface area contributed by atoms with Crippen molar-refractivity contribution in [2.45, 2.75) is 32.2 Å². The largest absolute Gasteiger partial charge is 0.365 e. The van der Waals surface area contributed by atoms with E-state index in [1.165, 1.54) is 35.1 Å². The van der Waals surface area contributed by atoms with Gasteiger partial charge in [0.25, 0.3) is 0 Å². The van der Waals surface area contributed by atoms with Crippen molar-refractivity contribution in [2.75, 3.05) is 5.32 Å². The van der Waals surface area contributed by atoms with Crippen LogP contribution < -0.4 is 5.32 Å². The van der Waals surface area contributed by atoms with Crippen molar-refractivity contribution in [3.05, 3.63) is 59.4 Å². The van der Waals surface area contributed by atoms with Crippen LogP contribution in [-0.2, 0) is 19.4 Å². The summed E-state index contributed by atoms with van der Waals surface area (Å²) in [4.78, 5) is 20.1. The molecule has 0 bridgehead atoms. The average molecular weight is 362 g/mol. The summed E-state index contributed by atoms with van der Waals surface area (Å²) in [5, 5.41) is 4.71. The molecule has 0 amide bonds. The Labute approximate surface area is 155 Å². The van der Waals surface area contributed by atoms with Gasteiger partial charge in [-0.2, -0.15) is 0 Å². The number of rotatable bonds is 4. The predicted molar refractivity (Wildman–Crippen MR) is 103 cm³/mol. The molecule has 0 aromatic carbocycles. The first-order valence-corrected chi connectivity index (χ1v) is 9.62. The van der Waals surface area contributed by atoms with Crippen LogP contribution in [-0.4, -0.2) is 24.5 Å². The number of aryl methyl sites for hydroxylation is 2. The van der Waals surface area contributed by atoms with Gasteiger partial charge in [0.1, 0.15) is 29.1 Å². The van der Waals surface area contributed by atoms with Crippen molar-refractivity contribution < 1.29 is 0 Å². The smallest absolute Gasteiger partial charge is 0.138 e. The third-order valence-electron chi connectivity index (χ3n) is 4.79. The highest BCUT2D eigenvalue weighted by Gasteiger charge is 2.19. The molecule has 0 saturated heterocycles. The van der Waals surface area contributed by atoms with E-state index in [0.29, 0.717) is 6.54 Å². The summed E-state index contributed by atoms with van der Waals surface area (Å²) in [5.41, 5.74) is 2.57. The zero-order valence-corrected chi connectivity index (χ0v) is 15.0. The van der Waals surface area contributed by atoms with Gasteiger partial charge in [-0.15, -0.1) is 11.3 Å². The van der Waals surface area contributed by atoms with Crippen LogP contribution >= 0.6 is 11.3 Å². The lowest BCUT2D eigenvalue weighted by atomic mass is 9.97. The molecule has 26 heavy (non-hydrogen) atoms. The minimum Gasteiger partial charge on any atom is -0.365 e. The Balaban J connectivity index is 1.39. The van der Waals surface area contributed by atoms with Gasteiger partial charge in [0, 0.05) is 30.0 Å². The molecule has 7 heteroatoms. The first-order chi connectivity index (χ1) is 12.9. The van der Waals surface area contributed by atoms with Crippen LogP contribution in [0.3, 0.4) is 0 Å². The summed E-state index contributed by atoms with van der Waals surface area (Å²) in [6.07, 6.45) is 13.8. The van der Waals surface area contributed by atoms with Crippen LogP contribution in [0.1, 0.15) is 28.8 Å². The molecule has 0 spiro atoms. The number of pyridine rings is 1. The molecule has 4 aromatic heterocycles. The van der Waals surface area contributed by atoms with Crippen molar-refractivity contribution in [2.24, 2.45) is 0 Å². The van der Waals surface area contributed by atoms with E-state index < -0.39 is 0 Å². The lowest BCUT2D eigenvalue weighted by Crippen LogP contribution is -2.05. The number of nitrogens with zero attached hydrogens (tertiary/aromatic N) is 5. The molecule has 4 aromatic rings. The first kappa shape index (κ1) is 15.5. The molecular weight excluding hydrogens is 344 g/mol. The first-order valence-electron chi connectivity index (χ1n) is 8.81. The third kappa shape index (κ3) is 2.74. The average Bonchev–Trinajstić information content (AvgIpc) is 3.34. The monoisotopic (exact) mass is 362 g/mol. The lowest BCUT2D eigenvalue weighted by Gasteiger charge is -2.12. The molecule has 6 nitrogen and oxygen atoms in total. The van der Waals surface area contributed by atoms with Crippen LogP contribution in [0.15, 0.2) is 43.4 Å². The second kappa shape index (κ2) is 6.49. The summed E-state index contributed by atoms with van der Waals surface area (Å²) in [7, 11) is 0. The molecule has 0 radical (unpaired) electrons. The number of hydrogen-bond donors (Lipinski definition) is 1. The zero-order chi connectivity index (χ0) is 17.3. The maximum absolute atomic E-state index is 4.51. The lowest BCUT2D eigenvalue weighted by molar-refractivity contribution is 0.700. The van der Waals surface area contributed by atoms with Gasteiger partial charge in [-0.1, -0.05) is 6.07 Å². The molecule has 0 atom stereocenters. The second-order valence-corrected chi connectivity index (χ2v) is 7.55. The van der Waals surface area contributed by atoms with E-state index in [0.717, 1.165) is 28.5 Å². The highest BCUT2D eigenvalue weighted by Crippen LogP contribution is 2.38. The van der Waals surface area contributed by atoms with Crippen molar-refractivity contribution in [3.63, 3.8) is 0 Å². The molecule has 0 saturated carbocycles. The van der Waals surface area contributed by atoms with Gasteiger partial charge in [-0.05, 0) is 42.9 Å². The number of aromatic nitrogens is 5. The van der Waals surface area contributed by atoms with Gasteiger partial charge in [0.05, 0.1) is 5.39 Å². The number of imidazole rings is 1. The fourth-order valence-corrected chi connectivity index (χ4v) is 4.71. The Morgan fingerprint density at radius 2 is 2.08 bits per heavy atom. The molecule has 0 aliphatic heterocycles. The Kier molecular flexibility index (Phi) is 3.86. The van der Waals surface area contributed by atoms with Gasteiger partial charge in [0.15, 0.2) is 0 Å². The molecule has 1 aliphatic rings. The van der Waals surface area contributed by atoms with E-state index >= 15 is 0 Å². The van der Waals surface area contributed by atoms with Crippen molar-refractivity contribution in [3.8, 4) is 5.82 Å². The quantitative estimate of drug-likeness (QED) is 0.599. The fraction of sp³-hybridized carbons (Fsp3) is 0.263. The van der Waals surface area contributed by atoms with Crippen LogP contribution in [0.2, 0.25) is 0 Å². The summed E-state index contributed by atoms with van der Waals surface area (Å²) >= 11 is 1.82. The topological polar surface area (TPSA) is 68.5 Å². The van der Waals surface area contributed by atoms with Gasteiger partial charge in [-0.3, -0.25) is 4.57 Å². The maximum atomic E-state index is 4.51. The van der Waals surface area contributed by atoms with E-state index in [1.54, 1.807) is 18.9 Å². The van der Waals surface area contributed by atoms with Crippen LogP contribution in [0.5, 0.6) is 0 Å². The van der Waals surface area contributed by atoms with Gasteiger partial charge >= 0.3 is 0 Å². The standard InChI is InChI=1S/C19H18N6S/c1-2-4-15-14(3-1)17-18(23-11-24-19(17)26-15)22-10-13-5-6-16(21-9-13)25-8-7-20-12-25/h5-9,11-12H,1-4,10H2,(H,22,23,24). The van der Waals surface area contributed by atoms with Crippen molar-refractivity contribution in [1.82, 2.24) is 24.5 Å². The van der Waals surface area contributed by atoms with Gasteiger partial charge in [-0.25, -0.2) is 19.9 Å². The molecule has 4 heterocycles. The van der Waals surface area contributed by atoms with E-state index in [2.05, 4.69) is 31.3 Å². The second-order valence-electron chi connectivity index (χ2n) is 6.46. The Morgan fingerprint density at radius 3 is 2.92 bits per heavy atom. The van der Waals surface area contributed by atoms with Crippen LogP contribution in [0.25, 0.3) is 16.0 Å². The SMILES string of the molecule is c1cn(-c2ccc(CNc3ncnc4sc5c(c34)CCCC5)cn2)cn1. The molecule has 0 unspecified atom stereocenters. The molecule has 1 aliphatic carbocycles. The number of hydrogen-bond acceptors (Lipinski definition) is 6. The normalized spacial score (nSPS) is 13.7. The highest BCUT2D eigenvalue weighted by molar-refractivity contribution is 7.19. The van der Waals surface area contributed by atoms with Gasteiger partial charge in [0.2, 0.25) is 0 Å². The Morgan fingerprint density at radius 1 is 1.12 bits per heavy atom. The summed E-state index contributed by atoms with van der Waals surface area (Å²) in [6.45, 7) is 0.688. The molecule has 5 rings (SSSR count). The minimum absolute atomic E-state index is 0.688. The van der Waals surface area contributed by atoms with Crippen LogP contribution in [0.4, 0.5) is 5.82 Å². The summed E-state index contributed by atoms with van der Waals surface area (Å²) < 4.78 is 1.89. The molecule has 130 valence electrons.